The van der Waals surface area contributed by atoms with E-state index in [0.717, 1.165) is 0 Å². The van der Waals surface area contributed by atoms with E-state index in [2.05, 4.69) is 38.8 Å². The van der Waals surface area contributed by atoms with E-state index in [0.29, 0.717) is 17.9 Å². The van der Waals surface area contributed by atoms with E-state index in [1.807, 2.05) is 6.21 Å². The highest BCUT2D eigenvalue weighted by molar-refractivity contribution is 5.74. The molecule has 0 spiro atoms. The molecule has 1 heteroatoms. The Kier molecular flexibility index (Phi) is 4.37. The van der Waals surface area contributed by atoms with Crippen LogP contribution in [-0.4, -0.2) is 12.3 Å². The minimum absolute atomic E-state index is 0.549. The lowest BCUT2D eigenvalue weighted by molar-refractivity contribution is 0.408. The first-order valence-electron chi connectivity index (χ1n) is 5.93. The van der Waals surface area contributed by atoms with Crippen LogP contribution in [-0.2, 0) is 0 Å². The van der Waals surface area contributed by atoms with Crippen LogP contribution >= 0.6 is 0 Å². The first-order chi connectivity index (χ1) is 6.70. The second-order valence-corrected chi connectivity index (χ2v) is 4.49. The number of dihydropyridines is 1. The maximum absolute atomic E-state index is 4.60. The first-order valence-corrected chi connectivity index (χ1v) is 5.93. The summed E-state index contributed by atoms with van der Waals surface area (Å²) in [4.78, 5) is 4.60. The van der Waals surface area contributed by atoms with Gasteiger partial charge in [0.25, 0.3) is 0 Å². The zero-order valence-corrected chi connectivity index (χ0v) is 9.96. The van der Waals surface area contributed by atoms with Crippen molar-refractivity contribution in [2.75, 3.05) is 0 Å². The average molecular weight is 193 g/mol. The quantitative estimate of drug-likeness (QED) is 0.643. The Hall–Kier alpha value is -0.590. The first kappa shape index (κ1) is 11.5. The van der Waals surface area contributed by atoms with E-state index < -0.39 is 0 Å². The minimum atomic E-state index is 0.549. The fourth-order valence-corrected chi connectivity index (χ4v) is 2.39. The van der Waals surface area contributed by atoms with E-state index in [9.17, 15) is 0 Å². The molecule has 14 heavy (non-hydrogen) atoms. The molecular weight excluding hydrogens is 170 g/mol. The van der Waals surface area contributed by atoms with Crippen LogP contribution in [0.25, 0.3) is 0 Å². The lowest BCUT2D eigenvalue weighted by Gasteiger charge is -2.30. The highest BCUT2D eigenvalue weighted by Crippen LogP contribution is 2.31. The lowest BCUT2D eigenvalue weighted by Crippen LogP contribution is -2.25. The van der Waals surface area contributed by atoms with Gasteiger partial charge in [-0.05, 0) is 24.8 Å². The average Bonchev–Trinajstić information content (AvgIpc) is 2.18. The number of aliphatic imine (C=N–C) groups is 1. The molecule has 0 amide bonds. The summed E-state index contributed by atoms with van der Waals surface area (Å²) in [6.45, 7) is 9.10. The smallest absolute Gasteiger partial charge is 0.0564 e. The van der Waals surface area contributed by atoms with Gasteiger partial charge in [0.05, 0.1) is 6.04 Å². The SMILES string of the molecule is CCCC1N=CC=C(C(C)C)C1CC. The van der Waals surface area contributed by atoms with Gasteiger partial charge in [0, 0.05) is 12.1 Å². The van der Waals surface area contributed by atoms with Gasteiger partial charge < -0.3 is 0 Å². The number of allylic oxidation sites excluding steroid dienone is 1. The maximum atomic E-state index is 4.60. The van der Waals surface area contributed by atoms with Crippen LogP contribution in [0.15, 0.2) is 16.6 Å². The van der Waals surface area contributed by atoms with Gasteiger partial charge in [-0.3, -0.25) is 4.99 Å². The van der Waals surface area contributed by atoms with Crippen molar-refractivity contribution in [3.63, 3.8) is 0 Å². The summed E-state index contributed by atoms with van der Waals surface area (Å²) in [7, 11) is 0. The van der Waals surface area contributed by atoms with E-state index in [-0.39, 0.29) is 0 Å². The van der Waals surface area contributed by atoms with Crippen molar-refractivity contribution in [2.45, 2.75) is 53.0 Å². The zero-order valence-electron chi connectivity index (χ0n) is 9.96. The Morgan fingerprint density at radius 3 is 2.57 bits per heavy atom. The lowest BCUT2D eigenvalue weighted by atomic mass is 9.80. The molecule has 0 aromatic rings. The van der Waals surface area contributed by atoms with Gasteiger partial charge in [0.2, 0.25) is 0 Å². The van der Waals surface area contributed by atoms with Gasteiger partial charge in [-0.25, -0.2) is 0 Å². The molecule has 1 rings (SSSR count). The summed E-state index contributed by atoms with van der Waals surface area (Å²) < 4.78 is 0. The molecular formula is C13H23N. The molecule has 1 aliphatic rings. The molecule has 0 saturated carbocycles. The Balaban J connectivity index is 2.76. The molecule has 2 unspecified atom stereocenters. The normalized spacial score (nSPS) is 26.8. The van der Waals surface area contributed by atoms with Crippen molar-refractivity contribution in [1.82, 2.24) is 0 Å². The van der Waals surface area contributed by atoms with Crippen molar-refractivity contribution in [1.29, 1.82) is 0 Å². The molecule has 0 fully saturated rings. The molecule has 1 nitrogen and oxygen atoms in total. The van der Waals surface area contributed by atoms with Gasteiger partial charge in [-0.1, -0.05) is 39.7 Å². The van der Waals surface area contributed by atoms with Crippen LogP contribution in [0.5, 0.6) is 0 Å². The third-order valence-electron chi connectivity index (χ3n) is 3.13. The van der Waals surface area contributed by atoms with Crippen LogP contribution in [0.4, 0.5) is 0 Å². The summed E-state index contributed by atoms with van der Waals surface area (Å²) in [5.41, 5.74) is 1.60. The molecule has 1 aliphatic heterocycles. The Morgan fingerprint density at radius 2 is 2.07 bits per heavy atom. The second-order valence-electron chi connectivity index (χ2n) is 4.49. The highest BCUT2D eigenvalue weighted by Gasteiger charge is 2.25. The number of rotatable bonds is 4. The monoisotopic (exact) mass is 193 g/mol. The number of hydrogen-bond acceptors (Lipinski definition) is 1. The summed E-state index contributed by atoms with van der Waals surface area (Å²) in [5.74, 6) is 1.37. The summed E-state index contributed by atoms with van der Waals surface area (Å²) in [6.07, 6.45) is 7.95. The highest BCUT2D eigenvalue weighted by atomic mass is 14.8. The van der Waals surface area contributed by atoms with Crippen molar-refractivity contribution >= 4 is 6.21 Å². The zero-order chi connectivity index (χ0) is 10.6. The third kappa shape index (κ3) is 2.46. The van der Waals surface area contributed by atoms with Crippen molar-refractivity contribution in [3.8, 4) is 0 Å². The van der Waals surface area contributed by atoms with Gasteiger partial charge in [0.15, 0.2) is 0 Å². The summed E-state index contributed by atoms with van der Waals surface area (Å²) >= 11 is 0. The fourth-order valence-electron chi connectivity index (χ4n) is 2.39. The van der Waals surface area contributed by atoms with Crippen LogP contribution in [0.3, 0.4) is 0 Å². The van der Waals surface area contributed by atoms with Crippen molar-refractivity contribution in [2.24, 2.45) is 16.8 Å². The number of hydrogen-bond donors (Lipinski definition) is 0. The van der Waals surface area contributed by atoms with Crippen LogP contribution in [0, 0.1) is 11.8 Å². The molecule has 0 aromatic heterocycles. The molecule has 0 bridgehead atoms. The third-order valence-corrected chi connectivity index (χ3v) is 3.13. The summed E-state index contributed by atoms with van der Waals surface area (Å²) in [5, 5.41) is 0. The Bertz CT molecular complexity index is 225. The van der Waals surface area contributed by atoms with Gasteiger partial charge in [0.1, 0.15) is 0 Å². The molecule has 0 radical (unpaired) electrons. The van der Waals surface area contributed by atoms with E-state index >= 15 is 0 Å². The van der Waals surface area contributed by atoms with Crippen molar-refractivity contribution in [3.05, 3.63) is 11.6 Å². The fraction of sp³-hybridized carbons (Fsp3) is 0.769. The molecule has 0 aromatic carbocycles. The molecule has 0 N–H and O–H groups in total. The largest absolute Gasteiger partial charge is 0.289 e. The van der Waals surface area contributed by atoms with Gasteiger partial charge in [-0.2, -0.15) is 0 Å². The molecule has 80 valence electrons. The molecule has 0 saturated heterocycles. The molecule has 2 atom stereocenters. The van der Waals surface area contributed by atoms with Crippen LogP contribution < -0.4 is 0 Å². The van der Waals surface area contributed by atoms with E-state index in [4.69, 9.17) is 0 Å². The topological polar surface area (TPSA) is 12.4 Å². The standard InChI is InChI=1S/C13H23N/c1-5-7-13-11(6-2)12(10(3)4)8-9-14-13/h8-11,13H,5-7H2,1-4H3. The number of nitrogens with zero attached hydrogens (tertiary/aromatic N) is 1. The second kappa shape index (κ2) is 5.33. The van der Waals surface area contributed by atoms with E-state index in [1.165, 1.54) is 19.3 Å². The molecule has 1 heterocycles. The predicted molar refractivity (Wildman–Crippen MR) is 63.9 cm³/mol. The maximum Gasteiger partial charge on any atom is 0.0564 e. The van der Waals surface area contributed by atoms with Gasteiger partial charge in [-0.15, -0.1) is 0 Å². The Morgan fingerprint density at radius 1 is 1.36 bits per heavy atom. The van der Waals surface area contributed by atoms with Crippen LogP contribution in [0.1, 0.15) is 47.0 Å². The Labute approximate surface area is 88.3 Å². The molecule has 0 aliphatic carbocycles. The minimum Gasteiger partial charge on any atom is -0.289 e. The van der Waals surface area contributed by atoms with Crippen molar-refractivity contribution < 1.29 is 0 Å². The van der Waals surface area contributed by atoms with E-state index in [1.54, 1.807) is 5.57 Å². The van der Waals surface area contributed by atoms with Crippen LogP contribution in [0.2, 0.25) is 0 Å². The predicted octanol–water partition coefficient (Wildman–Crippen LogP) is 3.85. The van der Waals surface area contributed by atoms with Gasteiger partial charge >= 0.3 is 0 Å². The summed E-state index contributed by atoms with van der Waals surface area (Å²) in [6, 6.07) is 0.549.